The van der Waals surface area contributed by atoms with Crippen molar-refractivity contribution in [1.29, 1.82) is 0 Å². The van der Waals surface area contributed by atoms with Gasteiger partial charge in [0.15, 0.2) is 0 Å². The second-order valence-corrected chi connectivity index (χ2v) is 6.02. The van der Waals surface area contributed by atoms with Crippen LogP contribution in [-0.2, 0) is 6.54 Å². The molecule has 0 aliphatic carbocycles. The number of rotatable bonds is 5. The summed E-state index contributed by atoms with van der Waals surface area (Å²) >= 11 is 3.59. The van der Waals surface area contributed by atoms with Crippen molar-refractivity contribution in [3.63, 3.8) is 0 Å². The lowest BCUT2D eigenvalue weighted by molar-refractivity contribution is 0.594. The fourth-order valence-electron chi connectivity index (χ4n) is 0.888. The first kappa shape index (κ1) is 11.0. The molecule has 0 saturated carbocycles. The van der Waals surface area contributed by atoms with E-state index in [1.165, 1.54) is 4.88 Å². The Balaban J connectivity index is 2.21. The van der Waals surface area contributed by atoms with Crippen LogP contribution in [0.3, 0.4) is 0 Å². The number of nitrogens with one attached hydrogen (secondary N) is 1. The molecule has 0 aliphatic rings. The van der Waals surface area contributed by atoms with E-state index in [0.29, 0.717) is 4.75 Å². The minimum Gasteiger partial charge on any atom is -0.310 e. The molecular formula is C9H16N2S2. The molecule has 0 unspecified atom stereocenters. The zero-order valence-electron chi connectivity index (χ0n) is 8.33. The fourth-order valence-corrected chi connectivity index (χ4v) is 1.70. The summed E-state index contributed by atoms with van der Waals surface area (Å²) in [6, 6.07) is 0. The first-order valence-corrected chi connectivity index (χ1v) is 6.38. The third-order valence-electron chi connectivity index (χ3n) is 1.89. The quantitative estimate of drug-likeness (QED) is 0.818. The Hall–Kier alpha value is -0.0600. The van der Waals surface area contributed by atoms with E-state index in [-0.39, 0.29) is 0 Å². The van der Waals surface area contributed by atoms with Crippen molar-refractivity contribution in [3.8, 4) is 0 Å². The van der Waals surface area contributed by atoms with Gasteiger partial charge < -0.3 is 5.32 Å². The van der Waals surface area contributed by atoms with Gasteiger partial charge in [0.05, 0.1) is 5.51 Å². The standard InChI is InChI=1S/C9H16N2S2/c1-9(2,12-3)6-10-4-8-5-11-7-13-8/h5,7,10H,4,6H2,1-3H3. The van der Waals surface area contributed by atoms with Crippen molar-refractivity contribution >= 4 is 23.1 Å². The van der Waals surface area contributed by atoms with E-state index in [0.717, 1.165) is 13.1 Å². The molecule has 74 valence electrons. The number of nitrogens with zero attached hydrogens (tertiary/aromatic N) is 1. The second kappa shape index (κ2) is 4.98. The number of thioether (sulfide) groups is 1. The topological polar surface area (TPSA) is 24.9 Å². The first-order valence-electron chi connectivity index (χ1n) is 4.27. The molecular weight excluding hydrogens is 200 g/mol. The molecule has 1 N–H and O–H groups in total. The third-order valence-corrected chi connectivity index (χ3v) is 3.92. The summed E-state index contributed by atoms with van der Waals surface area (Å²) in [5.74, 6) is 0. The molecule has 0 saturated heterocycles. The van der Waals surface area contributed by atoms with Crippen LogP contribution in [0, 0.1) is 0 Å². The lowest BCUT2D eigenvalue weighted by atomic mass is 10.2. The van der Waals surface area contributed by atoms with E-state index in [1.54, 1.807) is 11.3 Å². The summed E-state index contributed by atoms with van der Waals surface area (Å²) in [4.78, 5) is 5.33. The molecule has 0 amide bonds. The summed E-state index contributed by atoms with van der Waals surface area (Å²) < 4.78 is 0.324. The van der Waals surface area contributed by atoms with Gasteiger partial charge in [-0.05, 0) is 20.1 Å². The van der Waals surface area contributed by atoms with Gasteiger partial charge in [0, 0.05) is 28.9 Å². The summed E-state index contributed by atoms with van der Waals surface area (Å²) in [5.41, 5.74) is 1.87. The molecule has 0 fully saturated rings. The Labute approximate surface area is 88.2 Å². The summed E-state index contributed by atoms with van der Waals surface area (Å²) in [7, 11) is 0. The Morgan fingerprint density at radius 2 is 2.38 bits per heavy atom. The molecule has 0 radical (unpaired) electrons. The van der Waals surface area contributed by atoms with Crippen molar-refractivity contribution in [2.45, 2.75) is 25.1 Å². The minimum absolute atomic E-state index is 0.324. The lowest BCUT2D eigenvalue weighted by Gasteiger charge is -2.21. The van der Waals surface area contributed by atoms with Crippen molar-refractivity contribution in [3.05, 3.63) is 16.6 Å². The number of thiazole rings is 1. The Kier molecular flexibility index (Phi) is 4.22. The van der Waals surface area contributed by atoms with E-state index in [4.69, 9.17) is 0 Å². The summed E-state index contributed by atoms with van der Waals surface area (Å²) in [6.07, 6.45) is 4.07. The first-order chi connectivity index (χ1) is 6.14. The lowest BCUT2D eigenvalue weighted by Crippen LogP contribution is -2.31. The van der Waals surface area contributed by atoms with Gasteiger partial charge in [-0.2, -0.15) is 11.8 Å². The van der Waals surface area contributed by atoms with Gasteiger partial charge in [0.1, 0.15) is 0 Å². The van der Waals surface area contributed by atoms with E-state index in [1.807, 2.05) is 23.5 Å². The molecule has 1 rings (SSSR count). The Morgan fingerprint density at radius 3 is 2.92 bits per heavy atom. The normalized spacial score (nSPS) is 11.9. The number of hydrogen-bond acceptors (Lipinski definition) is 4. The van der Waals surface area contributed by atoms with Crippen LogP contribution in [0.1, 0.15) is 18.7 Å². The highest BCUT2D eigenvalue weighted by Gasteiger charge is 2.14. The van der Waals surface area contributed by atoms with Crippen molar-refractivity contribution in [1.82, 2.24) is 10.3 Å². The van der Waals surface area contributed by atoms with Crippen molar-refractivity contribution < 1.29 is 0 Å². The predicted octanol–water partition coefficient (Wildman–Crippen LogP) is 2.37. The smallest absolute Gasteiger partial charge is 0.0794 e. The molecule has 1 aromatic rings. The Morgan fingerprint density at radius 1 is 1.62 bits per heavy atom. The summed E-state index contributed by atoms with van der Waals surface area (Å²) in [5, 5.41) is 3.43. The van der Waals surface area contributed by atoms with Crippen LogP contribution >= 0.6 is 23.1 Å². The van der Waals surface area contributed by atoms with Crippen LogP contribution in [0.25, 0.3) is 0 Å². The van der Waals surface area contributed by atoms with Gasteiger partial charge in [-0.15, -0.1) is 11.3 Å². The highest BCUT2D eigenvalue weighted by molar-refractivity contribution is 7.99. The van der Waals surface area contributed by atoms with Crippen LogP contribution < -0.4 is 5.32 Å². The van der Waals surface area contributed by atoms with Crippen LogP contribution in [0.5, 0.6) is 0 Å². The highest BCUT2D eigenvalue weighted by atomic mass is 32.2. The molecule has 13 heavy (non-hydrogen) atoms. The molecule has 0 bridgehead atoms. The number of hydrogen-bond donors (Lipinski definition) is 1. The highest BCUT2D eigenvalue weighted by Crippen LogP contribution is 2.19. The monoisotopic (exact) mass is 216 g/mol. The van der Waals surface area contributed by atoms with Gasteiger partial charge in [-0.3, -0.25) is 4.98 Å². The van der Waals surface area contributed by atoms with Gasteiger partial charge in [0.2, 0.25) is 0 Å². The van der Waals surface area contributed by atoms with E-state index in [2.05, 4.69) is 30.4 Å². The van der Waals surface area contributed by atoms with Gasteiger partial charge >= 0.3 is 0 Å². The zero-order chi connectivity index (χ0) is 9.73. The molecule has 1 heterocycles. The van der Waals surface area contributed by atoms with Crippen molar-refractivity contribution in [2.75, 3.05) is 12.8 Å². The molecule has 0 atom stereocenters. The van der Waals surface area contributed by atoms with Crippen LogP contribution in [0.15, 0.2) is 11.7 Å². The molecule has 0 aromatic carbocycles. The molecule has 4 heteroatoms. The average Bonchev–Trinajstić information content (AvgIpc) is 2.57. The average molecular weight is 216 g/mol. The molecule has 1 aromatic heterocycles. The van der Waals surface area contributed by atoms with Gasteiger partial charge in [0.25, 0.3) is 0 Å². The largest absolute Gasteiger partial charge is 0.310 e. The molecule has 0 aliphatic heterocycles. The van der Waals surface area contributed by atoms with Crippen LogP contribution in [0.4, 0.5) is 0 Å². The molecule has 0 spiro atoms. The zero-order valence-corrected chi connectivity index (χ0v) is 9.97. The van der Waals surface area contributed by atoms with Crippen LogP contribution in [0.2, 0.25) is 0 Å². The van der Waals surface area contributed by atoms with E-state index in [9.17, 15) is 0 Å². The summed E-state index contributed by atoms with van der Waals surface area (Å²) in [6.45, 7) is 6.47. The van der Waals surface area contributed by atoms with Gasteiger partial charge in [-0.1, -0.05) is 0 Å². The third kappa shape index (κ3) is 4.11. The van der Waals surface area contributed by atoms with Crippen LogP contribution in [-0.4, -0.2) is 22.5 Å². The van der Waals surface area contributed by atoms with E-state index >= 15 is 0 Å². The SMILES string of the molecule is CSC(C)(C)CNCc1cncs1. The maximum absolute atomic E-state index is 4.03. The molecule has 2 nitrogen and oxygen atoms in total. The second-order valence-electron chi connectivity index (χ2n) is 3.54. The van der Waals surface area contributed by atoms with E-state index < -0.39 is 0 Å². The maximum atomic E-state index is 4.03. The van der Waals surface area contributed by atoms with Crippen molar-refractivity contribution in [2.24, 2.45) is 0 Å². The minimum atomic E-state index is 0.324. The Bertz CT molecular complexity index is 232. The predicted molar refractivity (Wildman–Crippen MR) is 61.4 cm³/mol. The fraction of sp³-hybridized carbons (Fsp3) is 0.667. The maximum Gasteiger partial charge on any atom is 0.0794 e. The number of aromatic nitrogens is 1. The van der Waals surface area contributed by atoms with Gasteiger partial charge in [-0.25, -0.2) is 0 Å².